The van der Waals surface area contributed by atoms with E-state index in [1.165, 1.54) is 11.9 Å². The molecule has 8 heteroatoms. The Labute approximate surface area is 208 Å². The number of carbonyl (C=O) groups excluding carboxylic acids is 2. The van der Waals surface area contributed by atoms with Crippen LogP contribution in [0.15, 0.2) is 72.8 Å². The third-order valence-corrected chi connectivity index (χ3v) is 6.12. The second kappa shape index (κ2) is 11.9. The summed E-state index contributed by atoms with van der Waals surface area (Å²) >= 11 is 18.9. The molecule has 5 nitrogen and oxygen atoms in total. The predicted molar refractivity (Wildman–Crippen MR) is 132 cm³/mol. The van der Waals surface area contributed by atoms with Crippen molar-refractivity contribution in [3.05, 3.63) is 99.0 Å². The van der Waals surface area contributed by atoms with E-state index in [4.69, 9.17) is 39.5 Å². The van der Waals surface area contributed by atoms with Gasteiger partial charge in [-0.25, -0.2) is 0 Å². The zero-order valence-corrected chi connectivity index (χ0v) is 20.2. The maximum absolute atomic E-state index is 13.4. The normalized spacial score (nSPS) is 11.5. The van der Waals surface area contributed by atoms with Crippen LogP contribution >= 0.6 is 34.8 Å². The van der Waals surface area contributed by atoms with Gasteiger partial charge in [0.25, 0.3) is 5.91 Å². The van der Waals surface area contributed by atoms with Crippen LogP contribution in [0.2, 0.25) is 15.1 Å². The molecule has 0 saturated heterocycles. The highest BCUT2D eigenvalue weighted by molar-refractivity contribution is 6.36. The number of nitrogens with one attached hydrogen (secondary N) is 1. The minimum absolute atomic E-state index is 0.0359. The van der Waals surface area contributed by atoms with Crippen LogP contribution in [0.4, 0.5) is 0 Å². The van der Waals surface area contributed by atoms with E-state index in [2.05, 4.69) is 5.32 Å². The molecule has 0 aromatic heterocycles. The van der Waals surface area contributed by atoms with Crippen LogP contribution in [-0.4, -0.2) is 36.4 Å². The zero-order valence-electron chi connectivity index (χ0n) is 17.9. The lowest BCUT2D eigenvalue weighted by atomic mass is 10.0. The lowest BCUT2D eigenvalue weighted by molar-refractivity contribution is -0.142. The van der Waals surface area contributed by atoms with E-state index in [0.29, 0.717) is 32.8 Å². The Morgan fingerprint density at radius 2 is 1.48 bits per heavy atom. The first-order valence-corrected chi connectivity index (χ1v) is 11.4. The Hall–Kier alpha value is -2.73. The molecule has 3 aromatic rings. The highest BCUT2D eigenvalue weighted by Gasteiger charge is 2.31. The number of hydrogen-bond donors (Lipinski definition) is 1. The van der Waals surface area contributed by atoms with Gasteiger partial charge in [-0.1, -0.05) is 83.3 Å². The van der Waals surface area contributed by atoms with Crippen LogP contribution in [0, 0.1) is 0 Å². The van der Waals surface area contributed by atoms with Crippen molar-refractivity contribution < 1.29 is 14.3 Å². The number of carbonyl (C=O) groups is 2. The van der Waals surface area contributed by atoms with E-state index in [1.807, 2.05) is 30.3 Å². The first-order valence-electron chi connectivity index (χ1n) is 10.3. The third-order valence-electron chi connectivity index (χ3n) is 5.10. The Morgan fingerprint density at radius 3 is 2.12 bits per heavy atom. The number of halogens is 3. The van der Waals surface area contributed by atoms with Crippen molar-refractivity contribution in [3.8, 4) is 5.75 Å². The molecule has 0 bridgehead atoms. The van der Waals surface area contributed by atoms with Crippen LogP contribution in [0.3, 0.4) is 0 Å². The lowest BCUT2D eigenvalue weighted by Crippen LogP contribution is -2.51. The van der Waals surface area contributed by atoms with Gasteiger partial charge in [0.2, 0.25) is 5.91 Å². The summed E-state index contributed by atoms with van der Waals surface area (Å²) < 4.78 is 5.67. The van der Waals surface area contributed by atoms with E-state index < -0.39 is 11.9 Å². The van der Waals surface area contributed by atoms with Gasteiger partial charge in [-0.2, -0.15) is 0 Å². The molecule has 1 atom stereocenters. The molecule has 1 unspecified atom stereocenters. The summed E-state index contributed by atoms with van der Waals surface area (Å²) in [5.41, 5.74) is 1.45. The number of likely N-dealkylation sites (N-methyl/N-ethyl adjacent to an activating group) is 1. The highest BCUT2D eigenvalue weighted by Crippen LogP contribution is 2.28. The monoisotopic (exact) mass is 504 g/mol. The van der Waals surface area contributed by atoms with Crippen molar-refractivity contribution in [1.29, 1.82) is 0 Å². The molecule has 0 aliphatic carbocycles. The molecule has 0 radical (unpaired) electrons. The molecule has 3 rings (SSSR count). The molecule has 172 valence electrons. The van der Waals surface area contributed by atoms with Crippen LogP contribution < -0.4 is 10.1 Å². The van der Waals surface area contributed by atoms with Crippen molar-refractivity contribution in [1.82, 2.24) is 10.2 Å². The van der Waals surface area contributed by atoms with Gasteiger partial charge in [-0.3, -0.25) is 9.59 Å². The standard InChI is InChI=1S/C25H23Cl3N2O3/c1-29-25(32)22(14-17-8-3-2-4-9-17)30(15-18-19(26)11-7-12-20(18)27)24(31)16-33-23-13-6-5-10-21(23)28/h2-13,22H,14-16H2,1H3,(H,29,32). The van der Waals surface area contributed by atoms with Gasteiger partial charge in [0.05, 0.1) is 5.02 Å². The van der Waals surface area contributed by atoms with Gasteiger partial charge in [-0.15, -0.1) is 0 Å². The molecular formula is C25H23Cl3N2O3. The number of hydrogen-bond acceptors (Lipinski definition) is 3. The Morgan fingerprint density at radius 1 is 0.879 bits per heavy atom. The first-order chi connectivity index (χ1) is 15.9. The molecule has 0 saturated carbocycles. The van der Waals surface area contributed by atoms with E-state index in [9.17, 15) is 9.59 Å². The van der Waals surface area contributed by atoms with Crippen molar-refractivity contribution >= 4 is 46.6 Å². The van der Waals surface area contributed by atoms with Crippen LogP contribution in [0.25, 0.3) is 0 Å². The summed E-state index contributed by atoms with van der Waals surface area (Å²) in [6, 6.07) is 20.6. The van der Waals surface area contributed by atoms with Gasteiger partial charge in [-0.05, 0) is 29.8 Å². The smallest absolute Gasteiger partial charge is 0.261 e. The fourth-order valence-electron chi connectivity index (χ4n) is 3.36. The Kier molecular flexibility index (Phi) is 9.01. The van der Waals surface area contributed by atoms with Gasteiger partial charge < -0.3 is 15.0 Å². The number of rotatable bonds is 9. The minimum Gasteiger partial charge on any atom is -0.482 e. The molecule has 0 spiro atoms. The fourth-order valence-corrected chi connectivity index (χ4v) is 4.07. The highest BCUT2D eigenvalue weighted by atomic mass is 35.5. The number of amides is 2. The first kappa shape index (κ1) is 24.9. The zero-order chi connectivity index (χ0) is 23.8. The maximum atomic E-state index is 13.4. The molecular weight excluding hydrogens is 483 g/mol. The van der Waals surface area contributed by atoms with Crippen LogP contribution in [0.5, 0.6) is 5.75 Å². The van der Waals surface area contributed by atoms with Gasteiger partial charge in [0.1, 0.15) is 11.8 Å². The minimum atomic E-state index is -0.813. The van der Waals surface area contributed by atoms with E-state index >= 15 is 0 Å². The Bertz CT molecular complexity index is 1090. The number of ether oxygens (including phenoxy) is 1. The largest absolute Gasteiger partial charge is 0.482 e. The second-order valence-corrected chi connectivity index (χ2v) is 8.48. The van der Waals surface area contributed by atoms with E-state index in [0.717, 1.165) is 5.56 Å². The van der Waals surface area contributed by atoms with Crippen LogP contribution in [-0.2, 0) is 22.6 Å². The molecule has 33 heavy (non-hydrogen) atoms. The quantitative estimate of drug-likeness (QED) is 0.423. The SMILES string of the molecule is CNC(=O)C(Cc1ccccc1)N(Cc1c(Cl)cccc1Cl)C(=O)COc1ccccc1Cl. The van der Waals surface area contributed by atoms with Crippen molar-refractivity contribution in [3.63, 3.8) is 0 Å². The van der Waals surface area contributed by atoms with Gasteiger partial charge in [0.15, 0.2) is 6.61 Å². The molecule has 0 aliphatic rings. The molecule has 3 aromatic carbocycles. The third kappa shape index (κ3) is 6.64. The predicted octanol–water partition coefficient (Wildman–Crippen LogP) is 5.41. The molecule has 0 heterocycles. The lowest BCUT2D eigenvalue weighted by Gasteiger charge is -2.31. The molecule has 1 N–H and O–H groups in total. The summed E-state index contributed by atoms with van der Waals surface area (Å²) in [5.74, 6) is -0.341. The summed E-state index contributed by atoms with van der Waals surface area (Å²) in [6.45, 7) is -0.276. The summed E-state index contributed by atoms with van der Waals surface area (Å²) in [4.78, 5) is 27.8. The average molecular weight is 506 g/mol. The van der Waals surface area contributed by atoms with E-state index in [-0.39, 0.29) is 19.1 Å². The molecule has 0 aliphatic heterocycles. The van der Waals surface area contributed by atoms with Crippen molar-refractivity contribution in [2.75, 3.05) is 13.7 Å². The number of para-hydroxylation sites is 1. The molecule has 0 fully saturated rings. The van der Waals surface area contributed by atoms with Gasteiger partial charge in [0, 0.05) is 35.6 Å². The number of nitrogens with zero attached hydrogens (tertiary/aromatic N) is 1. The van der Waals surface area contributed by atoms with Crippen molar-refractivity contribution in [2.45, 2.75) is 19.0 Å². The Balaban J connectivity index is 1.93. The fraction of sp³-hybridized carbons (Fsp3) is 0.200. The summed E-state index contributed by atoms with van der Waals surface area (Å²) in [5, 5.41) is 3.86. The summed E-state index contributed by atoms with van der Waals surface area (Å²) in [7, 11) is 1.53. The maximum Gasteiger partial charge on any atom is 0.261 e. The molecule has 2 amide bonds. The number of benzene rings is 3. The average Bonchev–Trinajstić information content (AvgIpc) is 2.82. The second-order valence-electron chi connectivity index (χ2n) is 7.26. The van der Waals surface area contributed by atoms with E-state index in [1.54, 1.807) is 42.5 Å². The van der Waals surface area contributed by atoms with Gasteiger partial charge >= 0.3 is 0 Å². The topological polar surface area (TPSA) is 58.6 Å². The van der Waals surface area contributed by atoms with Crippen LogP contribution in [0.1, 0.15) is 11.1 Å². The van der Waals surface area contributed by atoms with Crippen molar-refractivity contribution in [2.24, 2.45) is 0 Å². The summed E-state index contributed by atoms with van der Waals surface area (Å²) in [6.07, 6.45) is 0.306.